The second-order valence-corrected chi connectivity index (χ2v) is 8.43. The van der Waals surface area contributed by atoms with Crippen LogP contribution in [0, 0.1) is 0 Å². The van der Waals surface area contributed by atoms with Gasteiger partial charge in [-0.2, -0.15) is 4.98 Å². The first-order valence-corrected chi connectivity index (χ1v) is 10.4. The molecule has 2 unspecified atom stereocenters. The van der Waals surface area contributed by atoms with Crippen molar-refractivity contribution in [3.05, 3.63) is 71.1 Å². The second kappa shape index (κ2) is 7.14. The zero-order chi connectivity index (χ0) is 20.0. The largest absolute Gasteiger partial charge is 0.339 e. The first-order chi connectivity index (χ1) is 14.1. The Morgan fingerprint density at radius 1 is 1.10 bits per heavy atom. The van der Waals surface area contributed by atoms with Gasteiger partial charge in [0, 0.05) is 18.5 Å². The number of carbonyl (C=O) groups excluding carboxylic acids is 1. The van der Waals surface area contributed by atoms with Gasteiger partial charge in [-0.15, -0.1) is 0 Å². The standard InChI is InChI=1S/C24H25N3O2/c1-15(2)16-7-9-18(10-8-16)23-25-24(29-26-23)19-13-22(28)27(14-19)21-12-11-17-5-3-4-6-20(17)21/h3-10,15,19,21H,11-14H2,1-2H3. The van der Waals surface area contributed by atoms with Gasteiger partial charge in [0.05, 0.1) is 12.0 Å². The summed E-state index contributed by atoms with van der Waals surface area (Å²) in [7, 11) is 0. The zero-order valence-electron chi connectivity index (χ0n) is 16.8. The molecule has 3 aromatic rings. The Morgan fingerprint density at radius 2 is 1.90 bits per heavy atom. The van der Waals surface area contributed by atoms with E-state index in [2.05, 4.69) is 60.4 Å². The van der Waals surface area contributed by atoms with E-state index in [1.54, 1.807) is 0 Å². The van der Waals surface area contributed by atoms with Crippen LogP contribution >= 0.6 is 0 Å². The summed E-state index contributed by atoms with van der Waals surface area (Å²) in [6.07, 6.45) is 2.47. The first-order valence-electron chi connectivity index (χ1n) is 10.4. The van der Waals surface area contributed by atoms with Crippen LogP contribution in [-0.4, -0.2) is 27.5 Å². The molecule has 5 heteroatoms. The van der Waals surface area contributed by atoms with E-state index in [9.17, 15) is 4.79 Å². The van der Waals surface area contributed by atoms with E-state index in [0.29, 0.717) is 30.6 Å². The normalized spacial score (nSPS) is 21.2. The molecule has 0 spiro atoms. The molecule has 1 amide bonds. The minimum Gasteiger partial charge on any atom is -0.339 e. The SMILES string of the molecule is CC(C)c1ccc(-c2noc(C3CC(=O)N(C4CCc5ccccc54)C3)n2)cc1. The maximum absolute atomic E-state index is 12.8. The maximum atomic E-state index is 12.8. The third kappa shape index (κ3) is 3.24. The molecule has 0 bridgehead atoms. The average molecular weight is 387 g/mol. The molecule has 2 atom stereocenters. The minimum absolute atomic E-state index is 0.0357. The molecule has 0 saturated carbocycles. The molecule has 29 heavy (non-hydrogen) atoms. The van der Waals surface area contributed by atoms with Crippen molar-refractivity contribution in [3.63, 3.8) is 0 Å². The van der Waals surface area contributed by atoms with E-state index >= 15 is 0 Å². The van der Waals surface area contributed by atoms with Gasteiger partial charge >= 0.3 is 0 Å². The lowest BCUT2D eigenvalue weighted by Gasteiger charge is -2.25. The highest BCUT2D eigenvalue weighted by Crippen LogP contribution is 2.40. The minimum atomic E-state index is -0.0357. The molecule has 2 aliphatic rings. The first kappa shape index (κ1) is 18.1. The van der Waals surface area contributed by atoms with Gasteiger partial charge in [0.15, 0.2) is 0 Å². The van der Waals surface area contributed by atoms with E-state index in [4.69, 9.17) is 4.52 Å². The van der Waals surface area contributed by atoms with Crippen LogP contribution in [0.4, 0.5) is 0 Å². The molecule has 0 radical (unpaired) electrons. The predicted molar refractivity (Wildman–Crippen MR) is 110 cm³/mol. The quantitative estimate of drug-likeness (QED) is 0.641. The van der Waals surface area contributed by atoms with Crippen LogP contribution in [0.2, 0.25) is 0 Å². The molecular weight excluding hydrogens is 362 g/mol. The smallest absolute Gasteiger partial charge is 0.232 e. The van der Waals surface area contributed by atoms with Gasteiger partial charge < -0.3 is 9.42 Å². The number of carbonyl (C=O) groups is 1. The number of benzene rings is 2. The van der Waals surface area contributed by atoms with Crippen LogP contribution in [0.15, 0.2) is 53.1 Å². The Labute approximate surface area is 170 Å². The highest BCUT2D eigenvalue weighted by molar-refractivity contribution is 5.80. The molecular formula is C24H25N3O2. The van der Waals surface area contributed by atoms with E-state index < -0.39 is 0 Å². The third-order valence-corrected chi connectivity index (χ3v) is 6.26. The van der Waals surface area contributed by atoms with Crippen LogP contribution < -0.4 is 0 Å². The van der Waals surface area contributed by atoms with Crippen molar-refractivity contribution < 1.29 is 9.32 Å². The summed E-state index contributed by atoms with van der Waals surface area (Å²) in [4.78, 5) is 19.4. The van der Waals surface area contributed by atoms with Crippen LogP contribution in [0.25, 0.3) is 11.4 Å². The Balaban J connectivity index is 1.34. The number of aromatic nitrogens is 2. The van der Waals surface area contributed by atoms with Crippen LogP contribution in [0.3, 0.4) is 0 Å². The number of nitrogens with zero attached hydrogens (tertiary/aromatic N) is 3. The van der Waals surface area contributed by atoms with E-state index in [1.807, 2.05) is 17.0 Å². The van der Waals surface area contributed by atoms with Crippen molar-refractivity contribution >= 4 is 5.91 Å². The monoisotopic (exact) mass is 387 g/mol. The highest BCUT2D eigenvalue weighted by Gasteiger charge is 2.40. The summed E-state index contributed by atoms with van der Waals surface area (Å²) in [5.41, 5.74) is 4.87. The molecule has 148 valence electrons. The van der Waals surface area contributed by atoms with Crippen molar-refractivity contribution in [2.24, 2.45) is 0 Å². The van der Waals surface area contributed by atoms with Gasteiger partial charge in [0.25, 0.3) is 0 Å². The van der Waals surface area contributed by atoms with Gasteiger partial charge in [-0.25, -0.2) is 0 Å². The Morgan fingerprint density at radius 3 is 2.69 bits per heavy atom. The summed E-state index contributed by atoms with van der Waals surface area (Å²) >= 11 is 0. The number of likely N-dealkylation sites (tertiary alicyclic amines) is 1. The predicted octanol–water partition coefficient (Wildman–Crippen LogP) is 4.86. The second-order valence-electron chi connectivity index (χ2n) is 8.43. The number of hydrogen-bond donors (Lipinski definition) is 0. The van der Waals surface area contributed by atoms with Crippen LogP contribution in [0.5, 0.6) is 0 Å². The van der Waals surface area contributed by atoms with E-state index in [0.717, 1.165) is 18.4 Å². The summed E-state index contributed by atoms with van der Waals surface area (Å²) in [5.74, 6) is 1.78. The maximum Gasteiger partial charge on any atom is 0.232 e. The van der Waals surface area contributed by atoms with Crippen molar-refractivity contribution in [2.75, 3.05) is 6.54 Å². The molecule has 2 heterocycles. The summed E-state index contributed by atoms with van der Waals surface area (Å²) in [5, 5.41) is 4.17. The van der Waals surface area contributed by atoms with Gasteiger partial charge in [0.2, 0.25) is 17.6 Å². The number of hydrogen-bond acceptors (Lipinski definition) is 4. The third-order valence-electron chi connectivity index (χ3n) is 6.26. The number of fused-ring (bicyclic) bond motifs is 1. The molecule has 5 rings (SSSR count). The molecule has 1 aromatic heterocycles. The topological polar surface area (TPSA) is 59.2 Å². The Kier molecular flexibility index (Phi) is 4.46. The molecule has 1 aliphatic carbocycles. The van der Waals surface area contributed by atoms with Gasteiger partial charge in [-0.05, 0) is 35.4 Å². The van der Waals surface area contributed by atoms with Gasteiger partial charge in [0.1, 0.15) is 0 Å². The van der Waals surface area contributed by atoms with Crippen LogP contribution in [-0.2, 0) is 11.2 Å². The van der Waals surface area contributed by atoms with Gasteiger partial charge in [-0.1, -0.05) is 67.5 Å². The lowest BCUT2D eigenvalue weighted by molar-refractivity contribution is -0.129. The molecule has 0 N–H and O–H groups in total. The fourth-order valence-corrected chi connectivity index (χ4v) is 4.59. The molecule has 1 aliphatic heterocycles. The van der Waals surface area contributed by atoms with Gasteiger partial charge in [-0.3, -0.25) is 4.79 Å². The summed E-state index contributed by atoms with van der Waals surface area (Å²) < 4.78 is 5.57. The molecule has 2 aromatic carbocycles. The fraction of sp³-hybridized carbons (Fsp3) is 0.375. The van der Waals surface area contributed by atoms with Crippen molar-refractivity contribution in [1.29, 1.82) is 0 Å². The van der Waals surface area contributed by atoms with Crippen molar-refractivity contribution in [1.82, 2.24) is 15.0 Å². The average Bonchev–Trinajstić information content (AvgIpc) is 3.46. The number of rotatable bonds is 4. The summed E-state index contributed by atoms with van der Waals surface area (Å²) in [6, 6.07) is 16.9. The number of aryl methyl sites for hydroxylation is 1. The lowest BCUT2D eigenvalue weighted by atomic mass is 10.0. The molecule has 5 nitrogen and oxygen atoms in total. The summed E-state index contributed by atoms with van der Waals surface area (Å²) in [6.45, 7) is 4.99. The Hall–Kier alpha value is -2.95. The fourth-order valence-electron chi connectivity index (χ4n) is 4.59. The Bertz CT molecular complexity index is 1040. The molecule has 1 fully saturated rings. The van der Waals surface area contributed by atoms with E-state index in [1.165, 1.54) is 16.7 Å². The van der Waals surface area contributed by atoms with Crippen LogP contribution in [0.1, 0.15) is 67.1 Å². The van der Waals surface area contributed by atoms with E-state index in [-0.39, 0.29) is 17.9 Å². The zero-order valence-corrected chi connectivity index (χ0v) is 16.8. The number of amides is 1. The molecule has 1 saturated heterocycles. The lowest BCUT2D eigenvalue weighted by Crippen LogP contribution is -2.28. The van der Waals surface area contributed by atoms with Crippen molar-refractivity contribution in [2.45, 2.75) is 51.0 Å². The van der Waals surface area contributed by atoms with Crippen molar-refractivity contribution in [3.8, 4) is 11.4 Å². The highest BCUT2D eigenvalue weighted by atomic mass is 16.5.